The van der Waals surface area contributed by atoms with Crippen LogP contribution in [0, 0.1) is 5.82 Å². The molecule has 4 heteroatoms. The summed E-state index contributed by atoms with van der Waals surface area (Å²) in [5.41, 5.74) is 1.80. The Balaban J connectivity index is 2.17. The minimum atomic E-state index is -0.489. The smallest absolute Gasteiger partial charge is 0.356 e. The zero-order valence-corrected chi connectivity index (χ0v) is 12.0. The molecule has 2 aromatic carbocycles. The summed E-state index contributed by atoms with van der Waals surface area (Å²) in [6.07, 6.45) is 2.06. The highest BCUT2D eigenvalue weighted by atomic mass is 19.1. The van der Waals surface area contributed by atoms with Gasteiger partial charge in [-0.2, -0.15) is 0 Å². The van der Waals surface area contributed by atoms with Crippen molar-refractivity contribution in [3.8, 4) is 0 Å². The van der Waals surface area contributed by atoms with Crippen molar-refractivity contribution in [2.75, 3.05) is 7.11 Å². The predicted molar refractivity (Wildman–Crippen MR) is 82.3 cm³/mol. The van der Waals surface area contributed by atoms with Gasteiger partial charge in [0.1, 0.15) is 5.82 Å². The van der Waals surface area contributed by atoms with Crippen LogP contribution < -0.4 is 0 Å². The maximum Gasteiger partial charge on any atom is 0.356 e. The number of pyridine rings is 1. The molecule has 0 atom stereocenters. The first kappa shape index (κ1) is 14.2. The third-order valence-corrected chi connectivity index (χ3v) is 3.55. The van der Waals surface area contributed by atoms with Crippen molar-refractivity contribution in [3.63, 3.8) is 0 Å². The Morgan fingerprint density at radius 1 is 1.18 bits per heavy atom. The van der Waals surface area contributed by atoms with Gasteiger partial charge in [-0.1, -0.05) is 36.4 Å². The van der Waals surface area contributed by atoms with Gasteiger partial charge in [-0.05, 0) is 28.6 Å². The summed E-state index contributed by atoms with van der Waals surface area (Å²) in [7, 11) is 1.32. The first-order valence-corrected chi connectivity index (χ1v) is 6.88. The minimum absolute atomic E-state index is 0.269. The maximum absolute atomic E-state index is 13.4. The lowest BCUT2D eigenvalue weighted by atomic mass is 9.97. The molecule has 0 radical (unpaired) electrons. The highest BCUT2D eigenvalue weighted by molar-refractivity contribution is 5.96. The number of fused-ring (bicyclic) bond motifs is 1. The quantitative estimate of drug-likeness (QED) is 0.691. The molecule has 110 valence electrons. The molecule has 3 aromatic rings. The standard InChI is InChI=1S/C18H14FNO2/c1-22-18(21)17-16(10-12-5-4-7-14(19)9-12)15-8-3-2-6-13(15)11-20-17/h2-9,11H,10H2,1H3. The Morgan fingerprint density at radius 3 is 2.77 bits per heavy atom. The fourth-order valence-corrected chi connectivity index (χ4v) is 2.53. The van der Waals surface area contributed by atoms with E-state index < -0.39 is 5.97 Å². The molecule has 0 N–H and O–H groups in total. The monoisotopic (exact) mass is 295 g/mol. The minimum Gasteiger partial charge on any atom is -0.464 e. The Morgan fingerprint density at radius 2 is 2.00 bits per heavy atom. The summed E-state index contributed by atoms with van der Waals surface area (Å²) in [5.74, 6) is -0.789. The number of nitrogens with zero attached hydrogens (tertiary/aromatic N) is 1. The van der Waals surface area contributed by atoms with E-state index in [4.69, 9.17) is 4.74 Å². The Bertz CT molecular complexity index is 845. The number of hydrogen-bond acceptors (Lipinski definition) is 3. The molecule has 0 saturated heterocycles. The predicted octanol–water partition coefficient (Wildman–Crippen LogP) is 3.75. The molecule has 0 aliphatic heterocycles. The van der Waals surface area contributed by atoms with Crippen LogP contribution in [-0.2, 0) is 11.2 Å². The summed E-state index contributed by atoms with van der Waals surface area (Å²) in [5, 5.41) is 1.85. The third-order valence-electron chi connectivity index (χ3n) is 3.55. The van der Waals surface area contributed by atoms with Gasteiger partial charge in [-0.25, -0.2) is 14.2 Å². The molecule has 3 nitrogen and oxygen atoms in total. The molecular formula is C18H14FNO2. The van der Waals surface area contributed by atoms with Crippen molar-refractivity contribution in [3.05, 3.63) is 77.4 Å². The summed E-state index contributed by atoms with van der Waals surface area (Å²) >= 11 is 0. The number of hydrogen-bond donors (Lipinski definition) is 0. The zero-order chi connectivity index (χ0) is 15.5. The van der Waals surface area contributed by atoms with E-state index in [0.29, 0.717) is 6.42 Å². The molecule has 0 fully saturated rings. The number of carbonyl (C=O) groups is 1. The molecule has 0 bridgehead atoms. The maximum atomic E-state index is 13.4. The van der Waals surface area contributed by atoms with Crippen LogP contribution >= 0.6 is 0 Å². The molecule has 1 heterocycles. The van der Waals surface area contributed by atoms with E-state index in [1.807, 2.05) is 30.3 Å². The second kappa shape index (κ2) is 5.93. The largest absolute Gasteiger partial charge is 0.464 e. The Kier molecular flexibility index (Phi) is 3.83. The van der Waals surface area contributed by atoms with Crippen molar-refractivity contribution in [1.29, 1.82) is 0 Å². The summed E-state index contributed by atoms with van der Waals surface area (Å²) in [6, 6.07) is 14.0. The number of aromatic nitrogens is 1. The molecule has 0 aliphatic carbocycles. The number of rotatable bonds is 3. The summed E-state index contributed by atoms with van der Waals surface area (Å²) < 4.78 is 18.2. The molecule has 22 heavy (non-hydrogen) atoms. The van der Waals surface area contributed by atoms with Crippen LogP contribution in [0.25, 0.3) is 10.8 Å². The van der Waals surface area contributed by atoms with E-state index in [9.17, 15) is 9.18 Å². The van der Waals surface area contributed by atoms with Crippen molar-refractivity contribution in [1.82, 2.24) is 4.98 Å². The molecule has 0 spiro atoms. The van der Waals surface area contributed by atoms with Gasteiger partial charge in [-0.15, -0.1) is 0 Å². The zero-order valence-electron chi connectivity index (χ0n) is 12.0. The van der Waals surface area contributed by atoms with Crippen molar-refractivity contribution in [2.24, 2.45) is 0 Å². The van der Waals surface area contributed by atoms with Crippen molar-refractivity contribution < 1.29 is 13.9 Å². The van der Waals surface area contributed by atoms with Gasteiger partial charge in [0.05, 0.1) is 7.11 Å². The second-order valence-electron chi connectivity index (χ2n) is 4.97. The fourth-order valence-electron chi connectivity index (χ4n) is 2.53. The number of ether oxygens (including phenoxy) is 1. The molecule has 3 rings (SSSR count). The van der Waals surface area contributed by atoms with Crippen LogP contribution in [0.3, 0.4) is 0 Å². The average molecular weight is 295 g/mol. The van der Waals surface area contributed by atoms with E-state index in [2.05, 4.69) is 4.98 Å². The number of halogens is 1. The van der Waals surface area contributed by atoms with E-state index in [1.54, 1.807) is 12.3 Å². The van der Waals surface area contributed by atoms with Crippen LogP contribution in [0.2, 0.25) is 0 Å². The van der Waals surface area contributed by atoms with E-state index >= 15 is 0 Å². The van der Waals surface area contributed by atoms with Gasteiger partial charge in [0, 0.05) is 18.0 Å². The van der Waals surface area contributed by atoms with E-state index in [1.165, 1.54) is 19.2 Å². The lowest BCUT2D eigenvalue weighted by Crippen LogP contribution is -2.09. The highest BCUT2D eigenvalue weighted by Gasteiger charge is 2.17. The first-order valence-electron chi connectivity index (χ1n) is 6.88. The van der Waals surface area contributed by atoms with E-state index in [0.717, 1.165) is 21.9 Å². The normalized spacial score (nSPS) is 10.6. The fraction of sp³-hybridized carbons (Fsp3) is 0.111. The SMILES string of the molecule is COC(=O)c1ncc2ccccc2c1Cc1cccc(F)c1. The Labute approximate surface area is 127 Å². The number of carbonyl (C=O) groups excluding carboxylic acids is 1. The van der Waals surface area contributed by atoms with Gasteiger partial charge < -0.3 is 4.74 Å². The molecule has 0 unspecified atom stereocenters. The second-order valence-corrected chi connectivity index (χ2v) is 4.97. The summed E-state index contributed by atoms with van der Waals surface area (Å²) in [6.45, 7) is 0. The van der Waals surface area contributed by atoms with Gasteiger partial charge in [0.2, 0.25) is 0 Å². The third kappa shape index (κ3) is 2.68. The van der Waals surface area contributed by atoms with E-state index in [-0.39, 0.29) is 11.5 Å². The lowest BCUT2D eigenvalue weighted by Gasteiger charge is -2.11. The number of esters is 1. The van der Waals surface area contributed by atoms with Gasteiger partial charge in [-0.3, -0.25) is 0 Å². The average Bonchev–Trinajstić information content (AvgIpc) is 2.54. The van der Waals surface area contributed by atoms with Crippen molar-refractivity contribution >= 4 is 16.7 Å². The molecule has 0 amide bonds. The molecule has 0 saturated carbocycles. The first-order chi connectivity index (χ1) is 10.7. The Hall–Kier alpha value is -2.75. The van der Waals surface area contributed by atoms with Crippen molar-refractivity contribution in [2.45, 2.75) is 6.42 Å². The molecular weight excluding hydrogens is 281 g/mol. The number of methoxy groups -OCH3 is 1. The topological polar surface area (TPSA) is 39.2 Å². The lowest BCUT2D eigenvalue weighted by molar-refractivity contribution is 0.0593. The highest BCUT2D eigenvalue weighted by Crippen LogP contribution is 2.24. The van der Waals surface area contributed by atoms with Crippen LogP contribution in [0.5, 0.6) is 0 Å². The van der Waals surface area contributed by atoms with Crippen LogP contribution in [0.15, 0.2) is 54.7 Å². The van der Waals surface area contributed by atoms with Gasteiger partial charge in [0.15, 0.2) is 5.69 Å². The molecule has 0 aliphatic rings. The van der Waals surface area contributed by atoms with Crippen LogP contribution in [0.1, 0.15) is 21.6 Å². The van der Waals surface area contributed by atoms with Crippen LogP contribution in [0.4, 0.5) is 4.39 Å². The van der Waals surface area contributed by atoms with Gasteiger partial charge in [0.25, 0.3) is 0 Å². The van der Waals surface area contributed by atoms with Gasteiger partial charge >= 0.3 is 5.97 Å². The summed E-state index contributed by atoms with van der Waals surface area (Å²) in [4.78, 5) is 16.2. The van der Waals surface area contributed by atoms with Crippen LogP contribution in [-0.4, -0.2) is 18.1 Å². The molecule has 1 aromatic heterocycles. The number of benzene rings is 2.